The van der Waals surface area contributed by atoms with E-state index in [1.54, 1.807) is 11.3 Å². The molecule has 1 aromatic rings. The third-order valence-corrected chi connectivity index (χ3v) is 4.56. The summed E-state index contributed by atoms with van der Waals surface area (Å²) in [6, 6.07) is 0.426. The van der Waals surface area contributed by atoms with Crippen molar-refractivity contribution in [1.82, 2.24) is 15.2 Å². The predicted molar refractivity (Wildman–Crippen MR) is 92.9 cm³/mol. The van der Waals surface area contributed by atoms with Crippen molar-refractivity contribution in [2.24, 2.45) is 0 Å². The molecule has 0 atom stereocenters. The summed E-state index contributed by atoms with van der Waals surface area (Å²) in [4.78, 5) is 18.5. The number of nitrogens with zero attached hydrogens (tertiary/aromatic N) is 2. The number of nitrogens with one attached hydrogen (secondary N) is 1. The molecule has 0 unspecified atom stereocenters. The second kappa shape index (κ2) is 10.4. The van der Waals surface area contributed by atoms with Crippen molar-refractivity contribution < 1.29 is 4.79 Å². The van der Waals surface area contributed by atoms with Gasteiger partial charge in [-0.05, 0) is 45.7 Å². The van der Waals surface area contributed by atoms with Gasteiger partial charge < -0.3 is 10.2 Å². The highest BCUT2D eigenvalue weighted by Gasteiger charge is 2.21. The maximum atomic E-state index is 12.1. The fourth-order valence-corrected chi connectivity index (χ4v) is 3.16. The summed E-state index contributed by atoms with van der Waals surface area (Å²) >= 11 is 1.68. The van der Waals surface area contributed by atoms with Crippen LogP contribution in [-0.4, -0.2) is 42.0 Å². The fraction of sp³-hybridized carbons (Fsp3) is 0.714. The molecule has 1 saturated heterocycles. The molecule has 2 rings (SSSR count). The van der Waals surface area contributed by atoms with Crippen LogP contribution in [0.5, 0.6) is 0 Å². The summed E-state index contributed by atoms with van der Waals surface area (Å²) in [6.07, 6.45) is 4.60. The second-order valence-corrected chi connectivity index (χ2v) is 6.26. The first-order valence-electron chi connectivity index (χ1n) is 7.04. The highest BCUT2D eigenvalue weighted by Crippen LogP contribution is 2.14. The quantitative estimate of drug-likeness (QED) is 0.884. The van der Waals surface area contributed by atoms with Gasteiger partial charge in [-0.1, -0.05) is 0 Å². The van der Waals surface area contributed by atoms with E-state index in [4.69, 9.17) is 0 Å². The van der Waals surface area contributed by atoms with E-state index in [1.807, 2.05) is 18.9 Å². The van der Waals surface area contributed by atoms with Crippen LogP contribution < -0.4 is 5.32 Å². The molecular formula is C14H25Cl2N3OS. The van der Waals surface area contributed by atoms with Gasteiger partial charge >= 0.3 is 0 Å². The Labute approximate surface area is 143 Å². The Morgan fingerprint density at radius 2 is 2.10 bits per heavy atom. The van der Waals surface area contributed by atoms with Crippen molar-refractivity contribution in [3.8, 4) is 0 Å². The molecule has 1 aliphatic rings. The minimum absolute atomic E-state index is 0. The van der Waals surface area contributed by atoms with Crippen LogP contribution in [0.3, 0.4) is 0 Å². The Kier molecular flexibility index (Phi) is 10.2. The van der Waals surface area contributed by atoms with Crippen LogP contribution in [0.15, 0.2) is 5.38 Å². The Hall–Kier alpha value is -0.360. The molecule has 4 nitrogen and oxygen atoms in total. The number of rotatable bonds is 5. The molecule has 1 fully saturated rings. The van der Waals surface area contributed by atoms with Gasteiger partial charge in [0.05, 0.1) is 10.7 Å². The van der Waals surface area contributed by atoms with E-state index in [0.29, 0.717) is 12.5 Å². The van der Waals surface area contributed by atoms with Gasteiger partial charge in [-0.3, -0.25) is 4.79 Å². The number of carbonyl (C=O) groups is 1. The van der Waals surface area contributed by atoms with Gasteiger partial charge in [0.2, 0.25) is 5.91 Å². The molecule has 7 heteroatoms. The number of aromatic nitrogens is 1. The van der Waals surface area contributed by atoms with Crippen LogP contribution in [0.2, 0.25) is 0 Å². The van der Waals surface area contributed by atoms with Crippen molar-refractivity contribution in [2.75, 3.05) is 20.1 Å². The van der Waals surface area contributed by atoms with Crippen molar-refractivity contribution in [2.45, 2.75) is 45.1 Å². The summed E-state index contributed by atoms with van der Waals surface area (Å²) in [6.45, 7) is 4.07. The number of hydrogen-bond acceptors (Lipinski definition) is 4. The molecule has 0 saturated carbocycles. The minimum Gasteiger partial charge on any atom is -0.343 e. The van der Waals surface area contributed by atoms with E-state index in [0.717, 1.165) is 49.5 Å². The van der Waals surface area contributed by atoms with Crippen molar-refractivity contribution in [3.63, 3.8) is 0 Å². The smallest absolute Gasteiger partial charge is 0.222 e. The zero-order valence-electron chi connectivity index (χ0n) is 12.6. The lowest BCUT2D eigenvalue weighted by Gasteiger charge is -2.31. The molecular weight excluding hydrogens is 329 g/mol. The predicted octanol–water partition coefficient (Wildman–Crippen LogP) is 2.83. The summed E-state index contributed by atoms with van der Waals surface area (Å²) in [5.41, 5.74) is 1.12. The zero-order valence-corrected chi connectivity index (χ0v) is 15.1. The maximum Gasteiger partial charge on any atom is 0.222 e. The first-order chi connectivity index (χ1) is 9.16. The Morgan fingerprint density at radius 1 is 1.43 bits per heavy atom. The molecule has 0 aliphatic carbocycles. The molecule has 1 aliphatic heterocycles. The molecule has 1 aromatic heterocycles. The van der Waals surface area contributed by atoms with Crippen LogP contribution in [0, 0.1) is 6.92 Å². The molecule has 122 valence electrons. The maximum absolute atomic E-state index is 12.1. The Morgan fingerprint density at radius 3 is 2.67 bits per heavy atom. The highest BCUT2D eigenvalue weighted by atomic mass is 35.5. The van der Waals surface area contributed by atoms with Crippen LogP contribution >= 0.6 is 36.2 Å². The number of hydrogen-bond donors (Lipinski definition) is 1. The van der Waals surface area contributed by atoms with Gasteiger partial charge in [-0.25, -0.2) is 4.98 Å². The molecule has 0 aromatic carbocycles. The third kappa shape index (κ3) is 6.51. The van der Waals surface area contributed by atoms with E-state index in [1.165, 1.54) is 0 Å². The molecule has 0 spiro atoms. The van der Waals surface area contributed by atoms with Crippen molar-refractivity contribution in [3.05, 3.63) is 16.1 Å². The number of carbonyl (C=O) groups excluding carboxylic acids is 1. The van der Waals surface area contributed by atoms with Gasteiger partial charge in [0.1, 0.15) is 0 Å². The average molecular weight is 354 g/mol. The van der Waals surface area contributed by atoms with E-state index >= 15 is 0 Å². The lowest BCUT2D eigenvalue weighted by molar-refractivity contribution is -0.132. The van der Waals surface area contributed by atoms with Gasteiger partial charge in [-0.15, -0.1) is 36.2 Å². The van der Waals surface area contributed by atoms with Gasteiger partial charge in [0, 0.05) is 24.9 Å². The fourth-order valence-electron chi connectivity index (χ4n) is 2.52. The number of amides is 1. The normalized spacial score (nSPS) is 15.0. The molecule has 2 heterocycles. The monoisotopic (exact) mass is 353 g/mol. The summed E-state index contributed by atoms with van der Waals surface area (Å²) < 4.78 is 0. The van der Waals surface area contributed by atoms with E-state index in [-0.39, 0.29) is 30.7 Å². The molecule has 1 amide bonds. The minimum atomic E-state index is 0. The van der Waals surface area contributed by atoms with E-state index in [9.17, 15) is 4.79 Å². The molecule has 21 heavy (non-hydrogen) atoms. The average Bonchev–Trinajstić information content (AvgIpc) is 2.84. The van der Waals surface area contributed by atoms with Gasteiger partial charge in [0.25, 0.3) is 0 Å². The first-order valence-corrected chi connectivity index (χ1v) is 7.92. The SMILES string of the molecule is Cc1nc(CCCC(=O)N(C)C2CCNCC2)cs1.Cl.Cl. The number of thiazole rings is 1. The molecule has 1 N–H and O–H groups in total. The van der Waals surface area contributed by atoms with Crippen molar-refractivity contribution in [1.29, 1.82) is 0 Å². The topological polar surface area (TPSA) is 45.2 Å². The van der Waals surface area contributed by atoms with E-state index in [2.05, 4.69) is 15.7 Å². The standard InChI is InChI=1S/C14H23N3OS.2ClH/c1-11-16-12(10-19-11)4-3-5-14(18)17(2)13-6-8-15-9-7-13;;/h10,13,15H,3-9H2,1-2H3;2*1H. The summed E-state index contributed by atoms with van der Waals surface area (Å²) in [7, 11) is 1.95. The highest BCUT2D eigenvalue weighted by molar-refractivity contribution is 7.09. The lowest BCUT2D eigenvalue weighted by Crippen LogP contribution is -2.43. The van der Waals surface area contributed by atoms with Crippen LogP contribution in [0.25, 0.3) is 0 Å². The summed E-state index contributed by atoms with van der Waals surface area (Å²) in [5, 5.41) is 6.53. The largest absolute Gasteiger partial charge is 0.343 e. The van der Waals surface area contributed by atoms with Crippen LogP contribution in [0.4, 0.5) is 0 Å². The van der Waals surface area contributed by atoms with Crippen LogP contribution in [0.1, 0.15) is 36.4 Å². The molecule has 0 bridgehead atoms. The van der Waals surface area contributed by atoms with Crippen molar-refractivity contribution >= 4 is 42.1 Å². The van der Waals surface area contributed by atoms with Crippen LogP contribution in [-0.2, 0) is 11.2 Å². The Bertz CT molecular complexity index is 422. The first kappa shape index (κ1) is 20.6. The molecule has 0 radical (unpaired) electrons. The van der Waals surface area contributed by atoms with Gasteiger partial charge in [0.15, 0.2) is 0 Å². The Balaban J connectivity index is 0.00000200. The number of halogens is 2. The number of aryl methyl sites for hydroxylation is 2. The third-order valence-electron chi connectivity index (χ3n) is 3.74. The van der Waals surface area contributed by atoms with E-state index < -0.39 is 0 Å². The number of piperidine rings is 1. The zero-order chi connectivity index (χ0) is 13.7. The summed E-state index contributed by atoms with van der Waals surface area (Å²) in [5.74, 6) is 0.277. The van der Waals surface area contributed by atoms with Gasteiger partial charge in [-0.2, -0.15) is 0 Å². The second-order valence-electron chi connectivity index (χ2n) is 5.20. The lowest BCUT2D eigenvalue weighted by atomic mass is 10.0.